The van der Waals surface area contributed by atoms with E-state index in [9.17, 15) is 4.79 Å². The molecule has 1 saturated heterocycles. The van der Waals surface area contributed by atoms with Crippen molar-refractivity contribution in [3.05, 3.63) is 0 Å². The van der Waals surface area contributed by atoms with Crippen LogP contribution in [0.25, 0.3) is 0 Å². The zero-order valence-corrected chi connectivity index (χ0v) is 9.15. The lowest BCUT2D eigenvalue weighted by molar-refractivity contribution is -0.139. The summed E-state index contributed by atoms with van der Waals surface area (Å²) in [6.45, 7) is 2.97. The van der Waals surface area contributed by atoms with Gasteiger partial charge in [-0.15, -0.1) is 0 Å². The summed E-state index contributed by atoms with van der Waals surface area (Å²) in [4.78, 5) is 12.0. The van der Waals surface area contributed by atoms with E-state index in [2.05, 4.69) is 5.32 Å². The zero-order valence-electron chi connectivity index (χ0n) is 8.34. The van der Waals surface area contributed by atoms with Crippen LogP contribution in [0.3, 0.4) is 0 Å². The molecule has 0 saturated carbocycles. The highest BCUT2D eigenvalue weighted by Gasteiger charge is 2.37. The molecule has 1 unspecified atom stereocenters. The van der Waals surface area contributed by atoms with Crippen molar-refractivity contribution in [2.75, 3.05) is 13.2 Å². The van der Waals surface area contributed by atoms with Crippen LogP contribution in [0, 0.1) is 0 Å². The fourth-order valence-corrected chi connectivity index (χ4v) is 1.55. The Morgan fingerprint density at radius 2 is 2.43 bits per heavy atom. The van der Waals surface area contributed by atoms with E-state index < -0.39 is 5.60 Å². The van der Waals surface area contributed by atoms with Crippen LogP contribution in [0.15, 0.2) is 0 Å². The monoisotopic (exact) mass is 216 g/mol. The van der Waals surface area contributed by atoms with Gasteiger partial charge >= 0.3 is 0 Å². The molecule has 1 heterocycles. The maximum absolute atomic E-state index is 11.6. The van der Waals surface area contributed by atoms with Crippen LogP contribution < -0.4 is 11.1 Å². The maximum Gasteiger partial charge on any atom is 0.251 e. The van der Waals surface area contributed by atoms with E-state index in [1.165, 1.54) is 0 Å². The number of amides is 1. The van der Waals surface area contributed by atoms with Crippen LogP contribution in [0.4, 0.5) is 0 Å². The van der Waals surface area contributed by atoms with Gasteiger partial charge in [-0.2, -0.15) is 0 Å². The first-order valence-electron chi connectivity index (χ1n) is 4.75. The van der Waals surface area contributed by atoms with Gasteiger partial charge in [0.1, 0.15) is 5.60 Å². The van der Waals surface area contributed by atoms with Gasteiger partial charge in [0.25, 0.3) is 5.91 Å². The molecule has 0 spiro atoms. The van der Waals surface area contributed by atoms with Crippen molar-refractivity contribution >= 4 is 23.1 Å². The van der Waals surface area contributed by atoms with Crippen molar-refractivity contribution in [2.24, 2.45) is 5.73 Å². The third kappa shape index (κ3) is 2.92. The standard InChI is InChI=1S/C9H16N2O2S/c1-9(4-2-6-13-9)8(12)11-5-3-7(10)14/h2-6H2,1H3,(H2,10,14)(H,11,12). The predicted molar refractivity (Wildman–Crippen MR) is 58.0 cm³/mol. The number of hydrogen-bond donors (Lipinski definition) is 2. The van der Waals surface area contributed by atoms with Crippen molar-refractivity contribution in [3.63, 3.8) is 0 Å². The Morgan fingerprint density at radius 1 is 1.71 bits per heavy atom. The number of rotatable bonds is 4. The van der Waals surface area contributed by atoms with Gasteiger partial charge in [0.2, 0.25) is 0 Å². The normalized spacial score (nSPS) is 26.1. The minimum absolute atomic E-state index is 0.0637. The van der Waals surface area contributed by atoms with Gasteiger partial charge in [-0.3, -0.25) is 4.79 Å². The molecule has 1 fully saturated rings. The highest BCUT2D eigenvalue weighted by atomic mass is 32.1. The van der Waals surface area contributed by atoms with Crippen LogP contribution in [0.2, 0.25) is 0 Å². The topological polar surface area (TPSA) is 64.4 Å². The minimum Gasteiger partial charge on any atom is -0.393 e. The molecule has 0 aromatic rings. The molecule has 1 aliphatic rings. The Kier molecular flexibility index (Phi) is 3.83. The third-order valence-corrected chi connectivity index (χ3v) is 2.56. The number of thiocarbonyl (C=S) groups is 1. The van der Waals surface area contributed by atoms with Gasteiger partial charge in [-0.05, 0) is 19.8 Å². The van der Waals surface area contributed by atoms with Gasteiger partial charge in [0, 0.05) is 19.6 Å². The lowest BCUT2D eigenvalue weighted by Crippen LogP contribution is -2.44. The number of carbonyl (C=O) groups excluding carboxylic acids is 1. The number of ether oxygens (including phenoxy) is 1. The van der Waals surface area contributed by atoms with E-state index >= 15 is 0 Å². The predicted octanol–water partition coefficient (Wildman–Crippen LogP) is 0.348. The molecule has 0 aromatic heterocycles. The van der Waals surface area contributed by atoms with Gasteiger partial charge in [0.05, 0.1) is 4.99 Å². The molecule has 0 radical (unpaired) electrons. The first kappa shape index (κ1) is 11.4. The molecular formula is C9H16N2O2S. The lowest BCUT2D eigenvalue weighted by Gasteiger charge is -2.21. The number of carbonyl (C=O) groups is 1. The van der Waals surface area contributed by atoms with E-state index in [1.54, 1.807) is 0 Å². The Labute approximate surface area is 89.2 Å². The van der Waals surface area contributed by atoms with E-state index in [0.29, 0.717) is 24.6 Å². The van der Waals surface area contributed by atoms with Crippen molar-refractivity contribution in [1.29, 1.82) is 0 Å². The lowest BCUT2D eigenvalue weighted by atomic mass is 10.0. The van der Waals surface area contributed by atoms with E-state index in [4.69, 9.17) is 22.7 Å². The molecule has 5 heteroatoms. The maximum atomic E-state index is 11.6. The average Bonchev–Trinajstić information content (AvgIpc) is 2.52. The minimum atomic E-state index is -0.643. The second-order valence-electron chi connectivity index (χ2n) is 3.66. The molecular weight excluding hydrogens is 200 g/mol. The van der Waals surface area contributed by atoms with Gasteiger partial charge in [-0.1, -0.05) is 12.2 Å². The summed E-state index contributed by atoms with van der Waals surface area (Å²) >= 11 is 4.71. The second-order valence-corrected chi connectivity index (χ2v) is 4.18. The molecule has 0 aromatic carbocycles. The second kappa shape index (κ2) is 4.70. The molecule has 0 bridgehead atoms. The number of nitrogens with one attached hydrogen (secondary N) is 1. The van der Waals surface area contributed by atoms with Gasteiger partial charge < -0.3 is 15.8 Å². The van der Waals surface area contributed by atoms with Crippen LogP contribution in [-0.4, -0.2) is 29.6 Å². The Balaban J connectivity index is 2.30. The van der Waals surface area contributed by atoms with E-state index in [1.807, 2.05) is 6.92 Å². The summed E-state index contributed by atoms with van der Waals surface area (Å²) in [6.07, 6.45) is 2.27. The molecule has 80 valence electrons. The quantitative estimate of drug-likeness (QED) is 0.665. The Morgan fingerprint density at radius 3 is 2.93 bits per heavy atom. The van der Waals surface area contributed by atoms with Crippen molar-refractivity contribution in [1.82, 2.24) is 5.32 Å². The highest BCUT2D eigenvalue weighted by molar-refractivity contribution is 7.80. The highest BCUT2D eigenvalue weighted by Crippen LogP contribution is 2.24. The fraction of sp³-hybridized carbons (Fsp3) is 0.778. The Hall–Kier alpha value is -0.680. The molecule has 0 aliphatic carbocycles. The Bertz CT molecular complexity index is 237. The van der Waals surface area contributed by atoms with E-state index in [0.717, 1.165) is 12.8 Å². The SMILES string of the molecule is CC1(C(=O)NCCC(N)=S)CCCO1. The molecule has 14 heavy (non-hydrogen) atoms. The van der Waals surface area contributed by atoms with Crippen LogP contribution in [0.5, 0.6) is 0 Å². The zero-order chi connectivity index (χ0) is 10.6. The summed E-state index contributed by atoms with van der Waals surface area (Å²) < 4.78 is 5.38. The molecule has 3 N–H and O–H groups in total. The number of hydrogen-bond acceptors (Lipinski definition) is 3. The smallest absolute Gasteiger partial charge is 0.251 e. The van der Waals surface area contributed by atoms with Gasteiger partial charge in [0.15, 0.2) is 0 Å². The van der Waals surface area contributed by atoms with Crippen molar-refractivity contribution in [2.45, 2.75) is 31.8 Å². The van der Waals surface area contributed by atoms with Gasteiger partial charge in [-0.25, -0.2) is 0 Å². The summed E-state index contributed by atoms with van der Waals surface area (Å²) in [5, 5.41) is 2.76. The number of nitrogens with two attached hydrogens (primary N) is 1. The average molecular weight is 216 g/mol. The summed E-state index contributed by atoms with van der Waals surface area (Å²) in [5.41, 5.74) is 4.67. The van der Waals surface area contributed by atoms with Crippen molar-refractivity contribution in [3.8, 4) is 0 Å². The first-order valence-corrected chi connectivity index (χ1v) is 5.16. The molecule has 1 aliphatic heterocycles. The van der Waals surface area contributed by atoms with Crippen molar-refractivity contribution < 1.29 is 9.53 Å². The van der Waals surface area contributed by atoms with Crippen LogP contribution in [0.1, 0.15) is 26.2 Å². The fourth-order valence-electron chi connectivity index (χ4n) is 1.44. The molecule has 4 nitrogen and oxygen atoms in total. The third-order valence-electron chi connectivity index (χ3n) is 2.36. The van der Waals surface area contributed by atoms with Crippen LogP contribution in [-0.2, 0) is 9.53 Å². The summed E-state index contributed by atoms with van der Waals surface area (Å²) in [7, 11) is 0. The first-order chi connectivity index (χ1) is 6.54. The summed E-state index contributed by atoms with van der Waals surface area (Å²) in [6, 6.07) is 0. The molecule has 1 amide bonds. The summed E-state index contributed by atoms with van der Waals surface area (Å²) in [5.74, 6) is -0.0637. The largest absolute Gasteiger partial charge is 0.393 e. The van der Waals surface area contributed by atoms with Crippen LogP contribution >= 0.6 is 12.2 Å². The molecule has 1 rings (SSSR count). The molecule has 1 atom stereocenters. The van der Waals surface area contributed by atoms with E-state index in [-0.39, 0.29) is 5.91 Å².